The number of hydrogen-bond acceptors (Lipinski definition) is 4. The third-order valence-electron chi connectivity index (χ3n) is 4.00. The summed E-state index contributed by atoms with van der Waals surface area (Å²) in [7, 11) is 0. The molecule has 0 saturated heterocycles. The van der Waals surface area contributed by atoms with Crippen LogP contribution in [0.2, 0.25) is 0 Å². The van der Waals surface area contributed by atoms with Gasteiger partial charge in [-0.05, 0) is 50.2 Å². The van der Waals surface area contributed by atoms with Crippen LogP contribution >= 0.6 is 11.8 Å². The monoisotopic (exact) mass is 398 g/mol. The van der Waals surface area contributed by atoms with Crippen molar-refractivity contribution in [2.45, 2.75) is 18.7 Å². The maximum atomic E-state index is 12.9. The van der Waals surface area contributed by atoms with Gasteiger partial charge in [0, 0.05) is 5.56 Å². The maximum absolute atomic E-state index is 12.9. The second-order valence-electron chi connectivity index (χ2n) is 6.05. The van der Waals surface area contributed by atoms with Crippen LogP contribution in [0, 0.1) is 19.7 Å². The van der Waals surface area contributed by atoms with Crippen molar-refractivity contribution in [3.63, 3.8) is 0 Å². The molecule has 0 atom stereocenters. The number of para-hydroxylation sites is 1. The molecule has 2 amide bonds. The van der Waals surface area contributed by atoms with Crippen molar-refractivity contribution >= 4 is 23.6 Å². The van der Waals surface area contributed by atoms with Crippen LogP contribution in [0.3, 0.4) is 0 Å². The first kappa shape index (κ1) is 19.6. The number of hydrogen-bond donors (Lipinski definition) is 2. The number of nitrogens with one attached hydrogen (secondary N) is 2. The Morgan fingerprint density at radius 2 is 1.71 bits per heavy atom. The Kier molecular flexibility index (Phi) is 6.10. The third-order valence-corrected chi connectivity index (χ3v) is 5.28. The largest absolute Gasteiger partial charge is 0.272 e. The molecule has 0 aliphatic heterocycles. The lowest BCUT2D eigenvalue weighted by Crippen LogP contribution is -2.42. The molecule has 0 spiro atoms. The van der Waals surface area contributed by atoms with Crippen LogP contribution in [0.4, 0.5) is 4.39 Å². The fraction of sp³-hybridized carbons (Fsp3) is 0.150. The molecule has 0 saturated carbocycles. The van der Waals surface area contributed by atoms with Gasteiger partial charge in [0.05, 0.1) is 27.7 Å². The number of rotatable bonds is 5. The van der Waals surface area contributed by atoms with Crippen molar-refractivity contribution < 1.29 is 14.0 Å². The van der Waals surface area contributed by atoms with Crippen LogP contribution in [0.5, 0.6) is 0 Å². The third kappa shape index (κ3) is 4.58. The predicted molar refractivity (Wildman–Crippen MR) is 106 cm³/mol. The van der Waals surface area contributed by atoms with Gasteiger partial charge in [-0.15, -0.1) is 11.8 Å². The molecule has 0 radical (unpaired) electrons. The summed E-state index contributed by atoms with van der Waals surface area (Å²) in [5.74, 6) is -1.18. The molecule has 2 aromatic carbocycles. The molecule has 28 heavy (non-hydrogen) atoms. The minimum Gasteiger partial charge on any atom is -0.272 e. The van der Waals surface area contributed by atoms with E-state index >= 15 is 0 Å². The Morgan fingerprint density at radius 1 is 1.04 bits per heavy atom. The smallest absolute Gasteiger partial charge is 0.269 e. The van der Waals surface area contributed by atoms with Gasteiger partial charge < -0.3 is 0 Å². The lowest BCUT2D eigenvalue weighted by molar-refractivity contribution is -0.119. The fourth-order valence-corrected chi connectivity index (χ4v) is 3.52. The van der Waals surface area contributed by atoms with Gasteiger partial charge in [0.2, 0.25) is 5.91 Å². The molecule has 0 fully saturated rings. The van der Waals surface area contributed by atoms with Gasteiger partial charge in [0.25, 0.3) is 5.91 Å². The van der Waals surface area contributed by atoms with Gasteiger partial charge in [-0.25, -0.2) is 9.07 Å². The SMILES string of the molecule is Cc1nn(-c2ccccc2)c(C)c1SCC(=O)NNC(=O)c1ccc(F)cc1. The average Bonchev–Trinajstić information content (AvgIpc) is 2.99. The zero-order chi connectivity index (χ0) is 20.1. The number of nitrogens with zero attached hydrogens (tertiary/aromatic N) is 2. The van der Waals surface area contributed by atoms with Crippen molar-refractivity contribution in [2.75, 3.05) is 5.75 Å². The van der Waals surface area contributed by atoms with E-state index in [-0.39, 0.29) is 17.2 Å². The van der Waals surface area contributed by atoms with Crippen molar-refractivity contribution in [1.29, 1.82) is 0 Å². The molecule has 144 valence electrons. The minimum atomic E-state index is -0.511. The number of carbonyl (C=O) groups is 2. The molecule has 1 heterocycles. The van der Waals surface area contributed by atoms with Crippen LogP contribution in [0.25, 0.3) is 5.69 Å². The molecule has 3 rings (SSSR count). The summed E-state index contributed by atoms with van der Waals surface area (Å²) in [6.07, 6.45) is 0. The Morgan fingerprint density at radius 3 is 2.39 bits per heavy atom. The highest BCUT2D eigenvalue weighted by molar-refractivity contribution is 8.00. The quantitative estimate of drug-likeness (QED) is 0.511. The Hall–Kier alpha value is -3.13. The van der Waals surface area contributed by atoms with Crippen molar-refractivity contribution in [2.24, 2.45) is 0 Å². The maximum Gasteiger partial charge on any atom is 0.269 e. The summed E-state index contributed by atoms with van der Waals surface area (Å²) < 4.78 is 14.7. The van der Waals surface area contributed by atoms with E-state index in [9.17, 15) is 14.0 Å². The Bertz CT molecular complexity index is 987. The summed E-state index contributed by atoms with van der Waals surface area (Å²) in [6, 6.07) is 14.8. The molecule has 8 heteroatoms. The summed E-state index contributed by atoms with van der Waals surface area (Å²) in [5, 5.41) is 4.54. The summed E-state index contributed by atoms with van der Waals surface area (Å²) in [5.41, 5.74) is 7.66. The fourth-order valence-electron chi connectivity index (χ4n) is 2.63. The molecule has 6 nitrogen and oxygen atoms in total. The van der Waals surface area contributed by atoms with Gasteiger partial charge in [0.15, 0.2) is 0 Å². The second kappa shape index (κ2) is 8.71. The van der Waals surface area contributed by atoms with Crippen molar-refractivity contribution in [1.82, 2.24) is 20.6 Å². The standard InChI is InChI=1S/C20H19FN4O2S/c1-13-19(14(2)25(24-13)17-6-4-3-5-7-17)28-12-18(26)22-23-20(27)15-8-10-16(21)11-9-15/h3-11H,12H2,1-2H3,(H,22,26)(H,23,27). The van der Waals surface area contributed by atoms with Crippen LogP contribution in [-0.4, -0.2) is 27.3 Å². The number of aryl methyl sites for hydroxylation is 1. The average molecular weight is 398 g/mol. The lowest BCUT2D eigenvalue weighted by Gasteiger charge is -2.08. The summed E-state index contributed by atoms with van der Waals surface area (Å²) >= 11 is 1.35. The second-order valence-corrected chi connectivity index (χ2v) is 7.03. The molecule has 0 aliphatic carbocycles. The van der Waals surface area contributed by atoms with Gasteiger partial charge in [0.1, 0.15) is 5.82 Å². The van der Waals surface area contributed by atoms with Gasteiger partial charge in [-0.1, -0.05) is 18.2 Å². The van der Waals surface area contributed by atoms with E-state index < -0.39 is 11.7 Å². The van der Waals surface area contributed by atoms with E-state index in [0.29, 0.717) is 0 Å². The number of halogens is 1. The van der Waals surface area contributed by atoms with E-state index in [2.05, 4.69) is 16.0 Å². The minimum absolute atomic E-state index is 0.117. The van der Waals surface area contributed by atoms with Crippen LogP contribution in [0.1, 0.15) is 21.7 Å². The van der Waals surface area contributed by atoms with Crippen molar-refractivity contribution in [3.8, 4) is 5.69 Å². The van der Waals surface area contributed by atoms with Crippen LogP contribution in [-0.2, 0) is 4.79 Å². The van der Waals surface area contributed by atoms with Crippen molar-refractivity contribution in [3.05, 3.63) is 77.4 Å². The molecular weight excluding hydrogens is 379 g/mol. The summed E-state index contributed by atoms with van der Waals surface area (Å²) in [4.78, 5) is 24.9. The normalized spacial score (nSPS) is 10.5. The van der Waals surface area contributed by atoms with E-state index in [1.54, 1.807) is 0 Å². The van der Waals surface area contributed by atoms with E-state index in [1.165, 1.54) is 36.0 Å². The van der Waals surface area contributed by atoms with Gasteiger partial charge in [-0.2, -0.15) is 5.10 Å². The highest BCUT2D eigenvalue weighted by Crippen LogP contribution is 2.27. The predicted octanol–water partition coefficient (Wildman–Crippen LogP) is 3.18. The molecule has 1 aromatic heterocycles. The molecule has 0 unspecified atom stereocenters. The number of hydrazine groups is 1. The summed E-state index contributed by atoms with van der Waals surface area (Å²) in [6.45, 7) is 3.84. The zero-order valence-corrected chi connectivity index (χ0v) is 16.2. The number of aromatic nitrogens is 2. The number of benzene rings is 2. The van der Waals surface area contributed by atoms with E-state index in [1.807, 2.05) is 48.9 Å². The molecule has 3 aromatic rings. The number of thioether (sulfide) groups is 1. The van der Waals surface area contributed by atoms with E-state index in [0.717, 1.165) is 22.0 Å². The molecular formula is C20H19FN4O2S. The molecule has 0 bridgehead atoms. The lowest BCUT2D eigenvalue weighted by atomic mass is 10.2. The topological polar surface area (TPSA) is 76.0 Å². The number of amides is 2. The molecule has 0 aliphatic rings. The highest BCUT2D eigenvalue weighted by atomic mass is 32.2. The zero-order valence-electron chi connectivity index (χ0n) is 15.4. The van der Waals surface area contributed by atoms with Gasteiger partial charge in [-0.3, -0.25) is 20.4 Å². The van der Waals surface area contributed by atoms with Crippen LogP contribution < -0.4 is 10.9 Å². The van der Waals surface area contributed by atoms with E-state index in [4.69, 9.17) is 0 Å². The molecule has 2 N–H and O–H groups in total. The van der Waals surface area contributed by atoms with Crippen LogP contribution in [0.15, 0.2) is 59.5 Å². The highest BCUT2D eigenvalue weighted by Gasteiger charge is 2.15. The number of carbonyl (C=O) groups excluding carboxylic acids is 2. The van der Waals surface area contributed by atoms with Gasteiger partial charge >= 0.3 is 0 Å². The first-order valence-electron chi connectivity index (χ1n) is 8.55. The first-order chi connectivity index (χ1) is 13.5. The Labute approximate surface area is 166 Å². The first-order valence-corrected chi connectivity index (χ1v) is 9.53. The Balaban J connectivity index is 1.57.